The molecule has 0 radical (unpaired) electrons. The first-order valence-electron chi connectivity index (χ1n) is 6.21. The van der Waals surface area contributed by atoms with Crippen LogP contribution < -0.4 is 5.32 Å². The summed E-state index contributed by atoms with van der Waals surface area (Å²) in [6.07, 6.45) is 6.84. The molecule has 0 aliphatic heterocycles. The van der Waals surface area contributed by atoms with Crippen molar-refractivity contribution in [1.29, 1.82) is 0 Å². The van der Waals surface area contributed by atoms with Gasteiger partial charge in [-0.25, -0.2) is 0 Å². The lowest BCUT2D eigenvalue weighted by Gasteiger charge is -2.00. The zero-order valence-corrected chi connectivity index (χ0v) is 10.6. The van der Waals surface area contributed by atoms with Gasteiger partial charge in [0, 0.05) is 37.1 Å². The number of rotatable bonds is 7. The largest absolute Gasteiger partial charge is 0.394 e. The van der Waals surface area contributed by atoms with Crippen LogP contribution in [0, 0.1) is 0 Å². The maximum atomic E-state index is 8.80. The quantitative estimate of drug-likeness (QED) is 0.771. The van der Waals surface area contributed by atoms with Crippen LogP contribution in [-0.4, -0.2) is 31.3 Å². The maximum Gasteiger partial charge on any atom is 0.148 e. The summed E-state index contributed by atoms with van der Waals surface area (Å²) in [7, 11) is 0. The lowest BCUT2D eigenvalue weighted by Crippen LogP contribution is -2.04. The van der Waals surface area contributed by atoms with Gasteiger partial charge in [-0.3, -0.25) is 9.36 Å². The van der Waals surface area contributed by atoms with E-state index in [4.69, 9.17) is 5.11 Å². The van der Waals surface area contributed by atoms with Crippen molar-refractivity contribution < 1.29 is 5.11 Å². The Hall–Kier alpha value is -1.82. The molecule has 2 aromatic heterocycles. The van der Waals surface area contributed by atoms with Crippen molar-refractivity contribution in [3.63, 3.8) is 0 Å². The van der Waals surface area contributed by atoms with Crippen molar-refractivity contribution in [3.05, 3.63) is 30.2 Å². The van der Waals surface area contributed by atoms with E-state index in [0.717, 1.165) is 24.3 Å². The minimum absolute atomic E-state index is 0.102. The summed E-state index contributed by atoms with van der Waals surface area (Å²) in [6.45, 7) is 4.42. The Labute approximate surface area is 106 Å². The van der Waals surface area contributed by atoms with Crippen LogP contribution in [0.3, 0.4) is 0 Å². The van der Waals surface area contributed by atoms with Crippen LogP contribution in [0.2, 0.25) is 0 Å². The first-order valence-corrected chi connectivity index (χ1v) is 6.21. The number of aromatic nitrogens is 4. The minimum Gasteiger partial charge on any atom is -0.394 e. The summed E-state index contributed by atoms with van der Waals surface area (Å²) in [4.78, 5) is 0. The molecule has 0 bridgehead atoms. The van der Waals surface area contributed by atoms with Crippen LogP contribution in [0.4, 0.5) is 5.82 Å². The molecule has 0 spiro atoms. The topological polar surface area (TPSA) is 67.9 Å². The number of nitrogens with one attached hydrogen (secondary N) is 1. The Morgan fingerprint density at radius 3 is 3.00 bits per heavy atom. The van der Waals surface area contributed by atoms with Gasteiger partial charge in [0.1, 0.15) is 5.82 Å². The zero-order valence-electron chi connectivity index (χ0n) is 10.6. The average Bonchev–Trinajstić information content (AvgIpc) is 2.97. The fraction of sp³-hybridized carbons (Fsp3) is 0.500. The summed E-state index contributed by atoms with van der Waals surface area (Å²) in [5.74, 6) is 0.812. The molecule has 98 valence electrons. The molecule has 0 atom stereocenters. The standard InChI is InChI=1S/C12H19N5O/c1-2-4-17-10-11(9-14-17)8-13-12-3-5-16(15-12)6-7-18/h3,5,9-10,18H,2,4,6-8H2,1H3,(H,13,15). The predicted octanol–water partition coefficient (Wildman–Crippen LogP) is 1.09. The average molecular weight is 249 g/mol. The Bertz CT molecular complexity index is 432. The summed E-state index contributed by atoms with van der Waals surface area (Å²) in [5.41, 5.74) is 1.14. The highest BCUT2D eigenvalue weighted by atomic mass is 16.3. The number of hydrogen-bond acceptors (Lipinski definition) is 4. The van der Waals surface area contributed by atoms with Gasteiger partial charge in [-0.05, 0) is 6.42 Å². The van der Waals surface area contributed by atoms with E-state index in [1.807, 2.05) is 29.3 Å². The molecule has 2 aromatic rings. The Kier molecular flexibility index (Phi) is 4.35. The van der Waals surface area contributed by atoms with Crippen LogP contribution in [0.15, 0.2) is 24.7 Å². The van der Waals surface area contributed by atoms with Gasteiger partial charge in [-0.2, -0.15) is 10.2 Å². The second-order valence-electron chi connectivity index (χ2n) is 4.15. The van der Waals surface area contributed by atoms with E-state index in [9.17, 15) is 0 Å². The van der Waals surface area contributed by atoms with Crippen molar-refractivity contribution in [1.82, 2.24) is 19.6 Å². The molecule has 6 heteroatoms. The fourth-order valence-corrected chi connectivity index (χ4v) is 1.72. The first-order chi connectivity index (χ1) is 8.81. The number of aliphatic hydroxyl groups excluding tert-OH is 1. The number of nitrogens with zero attached hydrogens (tertiary/aromatic N) is 4. The Morgan fingerprint density at radius 1 is 1.33 bits per heavy atom. The molecule has 0 saturated carbocycles. The highest BCUT2D eigenvalue weighted by Gasteiger charge is 2.00. The normalized spacial score (nSPS) is 10.8. The van der Waals surface area contributed by atoms with Crippen molar-refractivity contribution in [2.75, 3.05) is 11.9 Å². The summed E-state index contributed by atoms with van der Waals surface area (Å²) >= 11 is 0. The molecular weight excluding hydrogens is 230 g/mol. The SMILES string of the molecule is CCCn1cc(CNc2ccn(CCO)n2)cn1. The molecule has 2 N–H and O–H groups in total. The van der Waals surface area contributed by atoms with Gasteiger partial charge in [0.2, 0.25) is 0 Å². The lowest BCUT2D eigenvalue weighted by molar-refractivity contribution is 0.269. The summed E-state index contributed by atoms with van der Waals surface area (Å²) in [5, 5.41) is 20.6. The third-order valence-electron chi connectivity index (χ3n) is 2.58. The van der Waals surface area contributed by atoms with Gasteiger partial charge in [-0.1, -0.05) is 6.92 Å². The molecule has 2 heterocycles. The molecule has 0 aromatic carbocycles. The molecule has 6 nitrogen and oxygen atoms in total. The molecule has 0 aliphatic carbocycles. The molecule has 0 fully saturated rings. The van der Waals surface area contributed by atoms with Crippen LogP contribution in [0.25, 0.3) is 0 Å². The fourth-order valence-electron chi connectivity index (χ4n) is 1.72. The van der Waals surface area contributed by atoms with Gasteiger partial charge < -0.3 is 10.4 Å². The van der Waals surface area contributed by atoms with Crippen molar-refractivity contribution in [3.8, 4) is 0 Å². The van der Waals surface area contributed by atoms with Gasteiger partial charge in [0.05, 0.1) is 19.3 Å². The first kappa shape index (κ1) is 12.6. The second-order valence-corrected chi connectivity index (χ2v) is 4.15. The molecule has 0 unspecified atom stereocenters. The molecule has 0 aliphatic rings. The van der Waals surface area contributed by atoms with Crippen LogP contribution in [0.5, 0.6) is 0 Å². The van der Waals surface area contributed by atoms with Gasteiger partial charge in [0.15, 0.2) is 0 Å². The van der Waals surface area contributed by atoms with Gasteiger partial charge >= 0.3 is 0 Å². The van der Waals surface area contributed by atoms with E-state index in [1.165, 1.54) is 0 Å². The van der Waals surface area contributed by atoms with Crippen LogP contribution in [-0.2, 0) is 19.6 Å². The van der Waals surface area contributed by atoms with E-state index in [1.54, 1.807) is 4.68 Å². The van der Waals surface area contributed by atoms with E-state index in [2.05, 4.69) is 22.4 Å². The van der Waals surface area contributed by atoms with E-state index in [0.29, 0.717) is 13.1 Å². The summed E-state index contributed by atoms with van der Waals surface area (Å²) in [6, 6.07) is 1.89. The smallest absolute Gasteiger partial charge is 0.148 e. The Balaban J connectivity index is 1.85. The molecule has 2 rings (SSSR count). The Morgan fingerprint density at radius 2 is 2.22 bits per heavy atom. The van der Waals surface area contributed by atoms with E-state index >= 15 is 0 Å². The predicted molar refractivity (Wildman–Crippen MR) is 69.2 cm³/mol. The highest BCUT2D eigenvalue weighted by Crippen LogP contribution is 2.06. The lowest BCUT2D eigenvalue weighted by atomic mass is 10.3. The molecule has 0 amide bonds. The monoisotopic (exact) mass is 249 g/mol. The zero-order chi connectivity index (χ0) is 12.8. The van der Waals surface area contributed by atoms with Crippen molar-refractivity contribution in [2.45, 2.75) is 33.0 Å². The summed E-state index contributed by atoms with van der Waals surface area (Å²) < 4.78 is 3.66. The van der Waals surface area contributed by atoms with Crippen molar-refractivity contribution in [2.24, 2.45) is 0 Å². The number of aliphatic hydroxyl groups is 1. The van der Waals surface area contributed by atoms with Crippen molar-refractivity contribution >= 4 is 5.82 Å². The van der Waals surface area contributed by atoms with Crippen LogP contribution >= 0.6 is 0 Å². The van der Waals surface area contributed by atoms with E-state index < -0.39 is 0 Å². The van der Waals surface area contributed by atoms with Gasteiger partial charge in [-0.15, -0.1) is 0 Å². The molecular formula is C12H19N5O. The van der Waals surface area contributed by atoms with E-state index in [-0.39, 0.29) is 6.61 Å². The number of hydrogen-bond donors (Lipinski definition) is 2. The molecule has 0 saturated heterocycles. The molecule has 18 heavy (non-hydrogen) atoms. The maximum absolute atomic E-state index is 8.80. The van der Waals surface area contributed by atoms with Crippen LogP contribution in [0.1, 0.15) is 18.9 Å². The highest BCUT2D eigenvalue weighted by molar-refractivity contribution is 5.33. The third-order valence-corrected chi connectivity index (χ3v) is 2.58. The second kappa shape index (κ2) is 6.20. The number of anilines is 1. The number of aryl methyl sites for hydroxylation is 1. The van der Waals surface area contributed by atoms with Gasteiger partial charge in [0.25, 0.3) is 0 Å². The minimum atomic E-state index is 0.102. The third kappa shape index (κ3) is 3.33.